The molecular weight excluding hydrogens is 300 g/mol. The van der Waals surface area contributed by atoms with E-state index >= 15 is 0 Å². The lowest BCUT2D eigenvalue weighted by Gasteiger charge is -2.18. The van der Waals surface area contributed by atoms with E-state index in [0.717, 1.165) is 24.2 Å². The lowest BCUT2D eigenvalue weighted by molar-refractivity contribution is -0.377. The van der Waals surface area contributed by atoms with E-state index in [0.29, 0.717) is 5.69 Å². The van der Waals surface area contributed by atoms with E-state index in [9.17, 15) is 8.42 Å². The smallest absolute Gasteiger partial charge is 0.298 e. The van der Waals surface area contributed by atoms with Crippen LogP contribution in [0.15, 0.2) is 48.8 Å². The fraction of sp³-hybridized carbons (Fsp3) is 0.267. The zero-order chi connectivity index (χ0) is 16.0. The van der Waals surface area contributed by atoms with Crippen molar-refractivity contribution in [2.75, 3.05) is 30.3 Å². The largest absolute Gasteiger partial charge is 0.374 e. The van der Waals surface area contributed by atoms with E-state index in [2.05, 4.69) is 19.3 Å². The molecule has 0 aliphatic heterocycles. The molecule has 22 heavy (non-hydrogen) atoms. The number of rotatable bonds is 7. The van der Waals surface area contributed by atoms with Gasteiger partial charge in [0.05, 0.1) is 0 Å². The quantitative estimate of drug-likeness (QED) is 0.800. The van der Waals surface area contributed by atoms with Gasteiger partial charge in [0.15, 0.2) is 12.4 Å². The Morgan fingerprint density at radius 2 is 1.73 bits per heavy atom. The first-order valence-electron chi connectivity index (χ1n) is 6.97. The first kappa shape index (κ1) is 16.3. The van der Waals surface area contributed by atoms with Gasteiger partial charge in [-0.1, -0.05) is 12.1 Å². The van der Waals surface area contributed by atoms with Crippen molar-refractivity contribution in [3.63, 3.8) is 0 Å². The van der Waals surface area contributed by atoms with Gasteiger partial charge in [-0.25, -0.2) is 9.71 Å². The summed E-state index contributed by atoms with van der Waals surface area (Å²) in [5.74, 6) is 0. The lowest BCUT2D eigenvalue weighted by atomic mass is 10.1. The van der Waals surface area contributed by atoms with Crippen molar-refractivity contribution in [1.82, 2.24) is 4.72 Å². The molecule has 0 radical (unpaired) electrons. The number of likely N-dealkylation sites (N-methyl/N-ethyl adjacent to an activating group) is 1. The highest BCUT2D eigenvalue weighted by Crippen LogP contribution is 2.13. The topological polar surface area (TPSA) is 75.6 Å². The van der Waals surface area contributed by atoms with Crippen molar-refractivity contribution < 1.29 is 13.4 Å². The van der Waals surface area contributed by atoms with Crippen LogP contribution in [0.1, 0.15) is 5.56 Å². The predicted octanol–water partition coefficient (Wildman–Crippen LogP) is 1.06. The van der Waals surface area contributed by atoms with Crippen LogP contribution in [0.2, 0.25) is 0 Å². The minimum atomic E-state index is -3.46. The number of hydrogen-bond acceptors (Lipinski definition) is 3. The summed E-state index contributed by atoms with van der Waals surface area (Å²) in [7, 11) is -0.0430. The molecule has 0 aliphatic carbocycles. The van der Waals surface area contributed by atoms with Gasteiger partial charge < -0.3 is 4.90 Å². The molecule has 118 valence electrons. The van der Waals surface area contributed by atoms with E-state index in [4.69, 9.17) is 0 Å². The highest BCUT2D eigenvalue weighted by atomic mass is 32.2. The number of nitrogens with one attached hydrogen (secondary N) is 3. The summed E-state index contributed by atoms with van der Waals surface area (Å²) in [5, 5.41) is 0. The molecule has 7 heteroatoms. The van der Waals surface area contributed by atoms with Crippen LogP contribution in [0, 0.1) is 0 Å². The molecular formula is C15H21N4O2S+. The zero-order valence-corrected chi connectivity index (χ0v) is 13.5. The normalized spacial score (nSPS) is 11.2. The van der Waals surface area contributed by atoms with Gasteiger partial charge in [-0.3, -0.25) is 4.72 Å². The van der Waals surface area contributed by atoms with Gasteiger partial charge in [-0.05, 0) is 24.1 Å². The average molecular weight is 321 g/mol. The van der Waals surface area contributed by atoms with Crippen LogP contribution in [0.5, 0.6) is 0 Å². The highest BCUT2D eigenvalue weighted by molar-refractivity contribution is 7.90. The van der Waals surface area contributed by atoms with Crippen LogP contribution in [0.4, 0.5) is 11.4 Å². The molecule has 1 aromatic carbocycles. The molecule has 3 N–H and O–H groups in total. The van der Waals surface area contributed by atoms with Crippen molar-refractivity contribution in [2.45, 2.75) is 6.42 Å². The first-order valence-corrected chi connectivity index (χ1v) is 8.46. The minimum absolute atomic E-state index is 0.546. The Hall–Kier alpha value is -2.12. The summed E-state index contributed by atoms with van der Waals surface area (Å²) in [6, 6.07) is 11.4. The van der Waals surface area contributed by atoms with Crippen LogP contribution in [0.25, 0.3) is 0 Å². The van der Waals surface area contributed by atoms with E-state index < -0.39 is 10.2 Å². The van der Waals surface area contributed by atoms with Crippen LogP contribution in [-0.2, 0) is 16.6 Å². The van der Waals surface area contributed by atoms with Crippen molar-refractivity contribution in [3.05, 3.63) is 54.4 Å². The second-order valence-corrected chi connectivity index (χ2v) is 6.56. The molecule has 0 spiro atoms. The summed E-state index contributed by atoms with van der Waals surface area (Å²) in [6.45, 7) is 0.881. The predicted molar refractivity (Wildman–Crippen MR) is 88.0 cm³/mol. The van der Waals surface area contributed by atoms with Gasteiger partial charge in [0.25, 0.3) is 10.2 Å². The van der Waals surface area contributed by atoms with E-state index in [1.54, 1.807) is 12.1 Å². The molecule has 0 saturated heterocycles. The van der Waals surface area contributed by atoms with Crippen molar-refractivity contribution >= 4 is 21.6 Å². The Balaban J connectivity index is 1.92. The third kappa shape index (κ3) is 4.71. The Morgan fingerprint density at radius 3 is 2.32 bits per heavy atom. The van der Waals surface area contributed by atoms with Crippen LogP contribution >= 0.6 is 0 Å². The molecule has 1 aromatic heterocycles. The highest BCUT2D eigenvalue weighted by Gasteiger charge is 2.06. The minimum Gasteiger partial charge on any atom is -0.374 e. The summed E-state index contributed by atoms with van der Waals surface area (Å²) in [6.07, 6.45) is 4.68. The second-order valence-electron chi connectivity index (χ2n) is 4.94. The first-order chi connectivity index (χ1) is 10.5. The Kier molecular flexibility index (Phi) is 5.35. The summed E-state index contributed by atoms with van der Waals surface area (Å²) < 4.78 is 27.4. The fourth-order valence-electron chi connectivity index (χ4n) is 2.00. The summed E-state index contributed by atoms with van der Waals surface area (Å²) in [4.78, 5) is 5.18. The van der Waals surface area contributed by atoms with Gasteiger partial charge in [-0.2, -0.15) is 8.42 Å². The molecule has 0 amide bonds. The van der Waals surface area contributed by atoms with Gasteiger partial charge in [0.2, 0.25) is 0 Å². The van der Waals surface area contributed by atoms with Crippen LogP contribution < -0.4 is 19.3 Å². The summed E-state index contributed by atoms with van der Waals surface area (Å²) >= 11 is 0. The third-order valence-electron chi connectivity index (χ3n) is 3.35. The summed E-state index contributed by atoms with van der Waals surface area (Å²) in [5.41, 5.74) is 2.85. The molecule has 2 aromatic rings. The number of hydrogen-bond donors (Lipinski definition) is 2. The van der Waals surface area contributed by atoms with Crippen molar-refractivity contribution in [2.24, 2.45) is 0 Å². The Labute approximate surface area is 131 Å². The van der Waals surface area contributed by atoms with Gasteiger partial charge in [-0.15, -0.1) is 0 Å². The number of aromatic nitrogens is 1. The molecule has 2 rings (SSSR count). The number of pyridine rings is 1. The molecule has 1 heterocycles. The number of H-pyrrole nitrogens is 1. The molecule has 0 atom stereocenters. The second kappa shape index (κ2) is 7.24. The van der Waals surface area contributed by atoms with Gasteiger partial charge >= 0.3 is 0 Å². The standard InChI is InChI=1S/C15H20N4O2S/c1-16-22(20,21)18-14-5-3-13(4-6-14)9-12-19(2)15-7-10-17-11-8-15/h3-8,10-11,16,18H,9,12H2,1-2H3/p+1. The van der Waals surface area contributed by atoms with E-state index in [1.165, 1.54) is 7.05 Å². The number of benzene rings is 1. The molecule has 0 saturated carbocycles. The van der Waals surface area contributed by atoms with Crippen LogP contribution in [-0.4, -0.2) is 29.1 Å². The van der Waals surface area contributed by atoms with E-state index in [-0.39, 0.29) is 0 Å². The van der Waals surface area contributed by atoms with Crippen molar-refractivity contribution in [3.8, 4) is 0 Å². The third-order valence-corrected chi connectivity index (χ3v) is 4.39. The zero-order valence-electron chi connectivity index (χ0n) is 12.7. The lowest BCUT2D eigenvalue weighted by Crippen LogP contribution is -2.26. The molecule has 6 nitrogen and oxygen atoms in total. The number of aromatic amines is 1. The molecule has 0 fully saturated rings. The average Bonchev–Trinajstić information content (AvgIpc) is 2.54. The van der Waals surface area contributed by atoms with Crippen molar-refractivity contribution in [1.29, 1.82) is 0 Å². The van der Waals surface area contributed by atoms with Crippen LogP contribution in [0.3, 0.4) is 0 Å². The number of nitrogens with zero attached hydrogens (tertiary/aromatic N) is 1. The van der Waals surface area contributed by atoms with E-state index in [1.807, 2.05) is 43.7 Å². The molecule has 0 aliphatic rings. The van der Waals surface area contributed by atoms with Gasteiger partial charge in [0, 0.05) is 44.1 Å². The maximum absolute atomic E-state index is 11.4. The molecule has 0 unspecified atom stereocenters. The maximum Gasteiger partial charge on any atom is 0.298 e. The number of anilines is 2. The SMILES string of the molecule is CNS(=O)(=O)Nc1ccc(CCN(C)c2cc[nH+]cc2)cc1. The Morgan fingerprint density at radius 1 is 1.09 bits per heavy atom. The Bertz CT molecular complexity index is 687. The van der Waals surface area contributed by atoms with Gasteiger partial charge in [0.1, 0.15) is 0 Å². The maximum atomic E-state index is 11.4. The fourth-order valence-corrected chi connectivity index (χ4v) is 2.55. The monoisotopic (exact) mass is 321 g/mol. The molecule has 0 bridgehead atoms.